The first kappa shape index (κ1) is 9.07. The normalized spacial score (nSPS) is 13.1. The largest absolute Gasteiger partial charge is 0.303 e. The van der Waals surface area contributed by atoms with Crippen molar-refractivity contribution in [2.24, 2.45) is 11.8 Å². The minimum atomic E-state index is -0.459. The van der Waals surface area contributed by atoms with Gasteiger partial charge in [0.25, 0.3) is 0 Å². The van der Waals surface area contributed by atoms with E-state index in [0.29, 0.717) is 6.29 Å². The molecule has 0 rings (SSSR count). The van der Waals surface area contributed by atoms with Gasteiger partial charge in [-0.05, 0) is 5.92 Å². The number of aldehydes is 1. The van der Waals surface area contributed by atoms with Crippen molar-refractivity contribution >= 4 is 6.29 Å². The van der Waals surface area contributed by atoms with Gasteiger partial charge >= 0.3 is 0 Å². The van der Waals surface area contributed by atoms with Crippen molar-refractivity contribution in [1.29, 1.82) is 0 Å². The molecule has 4 nitrogen and oxygen atoms in total. The van der Waals surface area contributed by atoms with E-state index < -0.39 is 10.8 Å². The Hall–Kier alpha value is -0.930. The maximum Gasteiger partial charge on any atom is 0.213 e. The summed E-state index contributed by atoms with van der Waals surface area (Å²) in [6.07, 6.45) is 0.646. The first-order valence-electron chi connectivity index (χ1n) is 3.15. The molecule has 0 aliphatic heterocycles. The minimum Gasteiger partial charge on any atom is -0.303 e. The van der Waals surface area contributed by atoms with Crippen LogP contribution in [0.3, 0.4) is 0 Å². The van der Waals surface area contributed by atoms with Crippen molar-refractivity contribution in [3.05, 3.63) is 10.1 Å². The molecule has 0 aromatic carbocycles. The lowest BCUT2D eigenvalue weighted by molar-refractivity contribution is -0.486. The molecule has 0 bridgehead atoms. The van der Waals surface area contributed by atoms with Gasteiger partial charge in [0.2, 0.25) is 6.54 Å². The first-order chi connectivity index (χ1) is 4.57. The molecule has 0 saturated carbocycles. The maximum absolute atomic E-state index is 10.2. The summed E-state index contributed by atoms with van der Waals surface area (Å²) in [6.45, 7) is 3.34. The van der Waals surface area contributed by atoms with Gasteiger partial charge in [0.05, 0.1) is 5.92 Å². The molecular weight excluding hydrogens is 134 g/mol. The Morgan fingerprint density at radius 3 is 2.20 bits per heavy atom. The fourth-order valence-electron chi connectivity index (χ4n) is 0.583. The molecule has 0 aromatic rings. The molecule has 0 N–H and O–H groups in total. The molecule has 4 heteroatoms. The molecule has 1 atom stereocenters. The van der Waals surface area contributed by atoms with Gasteiger partial charge in [0, 0.05) is 4.92 Å². The van der Waals surface area contributed by atoms with Gasteiger partial charge < -0.3 is 4.79 Å². The Morgan fingerprint density at radius 2 is 2.10 bits per heavy atom. The van der Waals surface area contributed by atoms with E-state index in [1.165, 1.54) is 0 Å². The van der Waals surface area contributed by atoms with Crippen LogP contribution in [-0.2, 0) is 4.79 Å². The molecule has 0 radical (unpaired) electrons. The van der Waals surface area contributed by atoms with E-state index in [9.17, 15) is 14.9 Å². The number of carbonyl (C=O) groups is 1. The minimum absolute atomic E-state index is 0.0582. The van der Waals surface area contributed by atoms with Gasteiger partial charge in [-0.1, -0.05) is 13.8 Å². The highest BCUT2D eigenvalue weighted by Crippen LogP contribution is 2.06. The second-order valence-corrected chi connectivity index (χ2v) is 2.56. The number of hydrogen-bond donors (Lipinski definition) is 0. The first-order valence-corrected chi connectivity index (χ1v) is 3.15. The number of nitro groups is 1. The molecule has 0 heterocycles. The monoisotopic (exact) mass is 145 g/mol. The molecule has 58 valence electrons. The maximum atomic E-state index is 10.2. The summed E-state index contributed by atoms with van der Waals surface area (Å²) in [7, 11) is 0. The van der Waals surface area contributed by atoms with Gasteiger partial charge in [-0.15, -0.1) is 0 Å². The summed E-state index contributed by atoms with van der Waals surface area (Å²) in [4.78, 5) is 19.6. The third-order valence-electron chi connectivity index (χ3n) is 1.39. The molecule has 0 unspecified atom stereocenters. The second-order valence-electron chi connectivity index (χ2n) is 2.56. The second kappa shape index (κ2) is 3.98. The summed E-state index contributed by atoms with van der Waals surface area (Å²) in [5.41, 5.74) is 0. The molecule has 0 aromatic heterocycles. The Kier molecular flexibility index (Phi) is 3.61. The topological polar surface area (TPSA) is 60.2 Å². The van der Waals surface area contributed by atoms with E-state index in [1.807, 2.05) is 0 Å². The van der Waals surface area contributed by atoms with Crippen molar-refractivity contribution in [2.75, 3.05) is 6.54 Å². The summed E-state index contributed by atoms with van der Waals surface area (Å²) in [5, 5.41) is 9.92. The number of nitrogens with zero attached hydrogens (tertiary/aromatic N) is 1. The van der Waals surface area contributed by atoms with Crippen LogP contribution in [-0.4, -0.2) is 17.8 Å². The average Bonchev–Trinajstić information content (AvgIpc) is 1.81. The zero-order valence-electron chi connectivity index (χ0n) is 6.11. The van der Waals surface area contributed by atoms with Crippen molar-refractivity contribution in [2.45, 2.75) is 13.8 Å². The van der Waals surface area contributed by atoms with E-state index in [4.69, 9.17) is 0 Å². The Bertz CT molecular complexity index is 133. The van der Waals surface area contributed by atoms with Crippen LogP contribution in [0.1, 0.15) is 13.8 Å². The van der Waals surface area contributed by atoms with Crippen molar-refractivity contribution in [1.82, 2.24) is 0 Å². The Balaban J connectivity index is 3.83. The molecule has 0 amide bonds. The molecule has 0 aliphatic rings. The molecule has 10 heavy (non-hydrogen) atoms. The average molecular weight is 145 g/mol. The van der Waals surface area contributed by atoms with E-state index >= 15 is 0 Å². The van der Waals surface area contributed by atoms with Crippen LogP contribution in [0.5, 0.6) is 0 Å². The van der Waals surface area contributed by atoms with Crippen LogP contribution >= 0.6 is 0 Å². The quantitative estimate of drug-likeness (QED) is 0.333. The van der Waals surface area contributed by atoms with Gasteiger partial charge in [0.1, 0.15) is 6.29 Å². The predicted molar refractivity (Wildman–Crippen MR) is 36.3 cm³/mol. The van der Waals surface area contributed by atoms with Crippen LogP contribution in [0.15, 0.2) is 0 Å². The highest BCUT2D eigenvalue weighted by molar-refractivity contribution is 5.53. The smallest absolute Gasteiger partial charge is 0.213 e. The third kappa shape index (κ3) is 3.17. The Labute approximate surface area is 59.4 Å². The van der Waals surface area contributed by atoms with Crippen molar-refractivity contribution in [3.63, 3.8) is 0 Å². The lowest BCUT2D eigenvalue weighted by atomic mass is 9.98. The van der Waals surface area contributed by atoms with Crippen LogP contribution in [0.2, 0.25) is 0 Å². The van der Waals surface area contributed by atoms with E-state index in [-0.39, 0.29) is 12.5 Å². The van der Waals surface area contributed by atoms with Crippen LogP contribution < -0.4 is 0 Å². The van der Waals surface area contributed by atoms with Gasteiger partial charge in [-0.25, -0.2) is 0 Å². The molecule has 0 spiro atoms. The lowest BCUT2D eigenvalue weighted by Crippen LogP contribution is -2.20. The molecular formula is C6H11NO3. The van der Waals surface area contributed by atoms with Crippen LogP contribution in [0, 0.1) is 22.0 Å². The molecule has 0 fully saturated rings. The molecule has 0 aliphatic carbocycles. The summed E-state index contributed by atoms with van der Waals surface area (Å²) >= 11 is 0. The fraction of sp³-hybridized carbons (Fsp3) is 0.833. The SMILES string of the molecule is CC(C)[C@H](C=O)C[N+](=O)[O-]. The predicted octanol–water partition coefficient (Wildman–Crippen LogP) is 0.734. The number of rotatable bonds is 4. The number of hydrogen-bond acceptors (Lipinski definition) is 3. The summed E-state index contributed by atoms with van der Waals surface area (Å²) < 4.78 is 0. The summed E-state index contributed by atoms with van der Waals surface area (Å²) in [5.74, 6) is -0.377. The van der Waals surface area contributed by atoms with E-state index in [2.05, 4.69) is 0 Å². The highest BCUT2D eigenvalue weighted by atomic mass is 16.6. The van der Waals surface area contributed by atoms with Gasteiger partial charge in [0.15, 0.2) is 0 Å². The van der Waals surface area contributed by atoms with Crippen LogP contribution in [0.4, 0.5) is 0 Å². The zero-order valence-corrected chi connectivity index (χ0v) is 6.11. The van der Waals surface area contributed by atoms with Gasteiger partial charge in [-0.3, -0.25) is 10.1 Å². The fourth-order valence-corrected chi connectivity index (χ4v) is 0.583. The van der Waals surface area contributed by atoms with E-state index in [0.717, 1.165) is 0 Å². The highest BCUT2D eigenvalue weighted by Gasteiger charge is 2.17. The standard InChI is InChI=1S/C6H11NO3/c1-5(2)6(4-8)3-7(9)10/h4-6H,3H2,1-2H3/t6-/m0/s1. The molecule has 0 saturated heterocycles. The van der Waals surface area contributed by atoms with E-state index in [1.54, 1.807) is 13.8 Å². The van der Waals surface area contributed by atoms with Gasteiger partial charge in [-0.2, -0.15) is 0 Å². The number of carbonyl (C=O) groups excluding carboxylic acids is 1. The summed E-state index contributed by atoms with van der Waals surface area (Å²) in [6, 6.07) is 0. The van der Waals surface area contributed by atoms with Crippen LogP contribution in [0.25, 0.3) is 0 Å². The van der Waals surface area contributed by atoms with Crippen molar-refractivity contribution < 1.29 is 9.72 Å². The lowest BCUT2D eigenvalue weighted by Gasteiger charge is -2.07. The third-order valence-corrected chi connectivity index (χ3v) is 1.39. The van der Waals surface area contributed by atoms with Crippen molar-refractivity contribution in [3.8, 4) is 0 Å². The zero-order chi connectivity index (χ0) is 8.15. The Morgan fingerprint density at radius 1 is 1.60 bits per heavy atom.